The molecule has 5 aliphatic heterocycles. The van der Waals surface area contributed by atoms with Gasteiger partial charge in [-0.1, -0.05) is 70.6 Å². The highest BCUT2D eigenvalue weighted by Crippen LogP contribution is 2.71. The molecule has 5 bridgehead atoms. The second-order valence-corrected chi connectivity index (χ2v) is 12.6. The topological polar surface area (TPSA) is 43.7 Å². The van der Waals surface area contributed by atoms with Crippen molar-refractivity contribution in [3.05, 3.63) is 29.8 Å². The molecule has 1 aromatic carbocycles. The molecule has 188 valence electrons. The van der Waals surface area contributed by atoms with Crippen molar-refractivity contribution in [3.63, 3.8) is 0 Å². The summed E-state index contributed by atoms with van der Waals surface area (Å²) in [6.07, 6.45) is 13.4. The van der Waals surface area contributed by atoms with E-state index in [9.17, 15) is 10.2 Å². The molecule has 1 aromatic rings. The van der Waals surface area contributed by atoms with E-state index >= 15 is 0 Å². The summed E-state index contributed by atoms with van der Waals surface area (Å²) in [5.74, 6) is 1.17. The van der Waals surface area contributed by atoms with Crippen molar-refractivity contribution < 1.29 is 14.7 Å². The number of hydrogen-bond donors (Lipinski definition) is 2. The van der Waals surface area contributed by atoms with Gasteiger partial charge >= 0.3 is 0 Å². The standard InChI is InChI=1S/C30H47N2O2/c1-4-6-7-8-9-10-11-14-17-32-24-18-21(20(5-2)29(32)34)26-25(32)19-30(28(26)33)22-15-12-13-16-23(22)31(3)27(24)30/h12-13,15-16,20-21,24-29,33-34H,4-11,14,17-19H2,1-3H3/q+1/t20-,21+,24-,25-,26+,27-,28-,29+,30+,32-/m0/s1. The van der Waals surface area contributed by atoms with E-state index in [2.05, 4.69) is 50.1 Å². The van der Waals surface area contributed by atoms with E-state index in [0.717, 1.165) is 23.9 Å². The number of hydrogen-bond acceptors (Lipinski definition) is 3. The summed E-state index contributed by atoms with van der Waals surface area (Å²) in [5, 5.41) is 24.2. The average Bonchev–Trinajstić information content (AvgIpc) is 3.23. The first-order valence-corrected chi connectivity index (χ1v) is 14.6. The van der Waals surface area contributed by atoms with E-state index in [4.69, 9.17) is 0 Å². The monoisotopic (exact) mass is 467 g/mol. The molecule has 5 heterocycles. The summed E-state index contributed by atoms with van der Waals surface area (Å²) in [6.45, 7) is 5.66. The number of nitrogens with zero attached hydrogens (tertiary/aromatic N) is 2. The van der Waals surface area contributed by atoms with Gasteiger partial charge in [-0.3, -0.25) is 4.48 Å². The Bertz CT molecular complexity index is 906. The summed E-state index contributed by atoms with van der Waals surface area (Å²) in [6, 6.07) is 10.1. The molecule has 1 aliphatic carbocycles. The lowest BCUT2D eigenvalue weighted by atomic mass is 9.60. The fraction of sp³-hybridized carbons (Fsp3) is 0.800. The third-order valence-electron chi connectivity index (χ3n) is 11.5. The van der Waals surface area contributed by atoms with E-state index < -0.39 is 0 Å². The quantitative estimate of drug-likeness (QED) is 0.367. The number of rotatable bonds is 10. The number of para-hydroxylation sites is 1. The second-order valence-electron chi connectivity index (χ2n) is 12.6. The summed E-state index contributed by atoms with van der Waals surface area (Å²) < 4.78 is 0.900. The van der Waals surface area contributed by atoms with Crippen LogP contribution in [0.25, 0.3) is 0 Å². The highest BCUT2D eigenvalue weighted by atomic mass is 16.3. The Morgan fingerprint density at radius 2 is 1.68 bits per heavy atom. The molecule has 4 saturated heterocycles. The van der Waals surface area contributed by atoms with Gasteiger partial charge in [0.15, 0.2) is 6.23 Å². The number of unbranched alkanes of at least 4 members (excludes halogenated alkanes) is 7. The van der Waals surface area contributed by atoms with Crippen LogP contribution in [-0.2, 0) is 5.41 Å². The van der Waals surface area contributed by atoms with Gasteiger partial charge in [0.2, 0.25) is 0 Å². The van der Waals surface area contributed by atoms with Gasteiger partial charge in [-0.2, -0.15) is 0 Å². The molecule has 6 aliphatic rings. The number of piperidine rings is 4. The van der Waals surface area contributed by atoms with E-state index in [1.165, 1.54) is 69.0 Å². The van der Waals surface area contributed by atoms with E-state index in [1.54, 1.807) is 0 Å². The van der Waals surface area contributed by atoms with Crippen LogP contribution in [0.3, 0.4) is 0 Å². The first-order chi connectivity index (χ1) is 16.5. The molecule has 34 heavy (non-hydrogen) atoms. The molecule has 1 spiro atoms. The van der Waals surface area contributed by atoms with E-state index in [1.807, 2.05) is 0 Å². The Hall–Kier alpha value is -1.10. The van der Waals surface area contributed by atoms with Crippen LogP contribution in [0.5, 0.6) is 0 Å². The Kier molecular flexibility index (Phi) is 5.82. The highest BCUT2D eigenvalue weighted by molar-refractivity contribution is 5.66. The summed E-state index contributed by atoms with van der Waals surface area (Å²) in [4.78, 5) is 2.52. The number of quaternary nitrogens is 1. The van der Waals surface area contributed by atoms with Crippen molar-refractivity contribution in [2.75, 3.05) is 18.5 Å². The van der Waals surface area contributed by atoms with Gasteiger partial charge in [-0.15, -0.1) is 0 Å². The maximum absolute atomic E-state index is 12.1. The number of benzene rings is 1. The van der Waals surface area contributed by atoms with Crippen LogP contribution in [0.15, 0.2) is 24.3 Å². The molecular weight excluding hydrogens is 420 g/mol. The van der Waals surface area contributed by atoms with Crippen LogP contribution < -0.4 is 4.90 Å². The highest BCUT2D eigenvalue weighted by Gasteiger charge is 2.82. The van der Waals surface area contributed by atoms with Crippen LogP contribution in [0, 0.1) is 17.8 Å². The Morgan fingerprint density at radius 1 is 0.971 bits per heavy atom. The average molecular weight is 468 g/mol. The fourth-order valence-corrected chi connectivity index (χ4v) is 10.4. The molecular formula is C30H47N2O2+. The predicted octanol–water partition coefficient (Wildman–Crippen LogP) is 5.21. The van der Waals surface area contributed by atoms with E-state index in [0.29, 0.717) is 35.9 Å². The molecule has 7 rings (SSSR count). The zero-order valence-electron chi connectivity index (χ0n) is 21.7. The number of aliphatic hydroxyl groups excluding tert-OH is 2. The lowest BCUT2D eigenvalue weighted by Gasteiger charge is -2.68. The minimum Gasteiger partial charge on any atom is -0.392 e. The predicted molar refractivity (Wildman–Crippen MR) is 138 cm³/mol. The summed E-state index contributed by atoms with van der Waals surface area (Å²) in [5.41, 5.74) is 2.58. The minimum atomic E-state index is -0.274. The van der Waals surface area contributed by atoms with Gasteiger partial charge < -0.3 is 15.1 Å². The maximum Gasteiger partial charge on any atom is 0.194 e. The van der Waals surface area contributed by atoms with Crippen molar-refractivity contribution in [3.8, 4) is 0 Å². The van der Waals surface area contributed by atoms with Gasteiger partial charge in [0.1, 0.15) is 6.04 Å². The van der Waals surface area contributed by atoms with Crippen molar-refractivity contribution in [2.45, 2.75) is 120 Å². The van der Waals surface area contributed by atoms with Gasteiger partial charge in [-0.25, -0.2) is 0 Å². The Labute approximate surface area is 206 Å². The largest absolute Gasteiger partial charge is 0.392 e. The second kappa shape index (κ2) is 8.49. The molecule has 4 nitrogen and oxygen atoms in total. The minimum absolute atomic E-state index is 0.135. The molecule has 0 amide bonds. The van der Waals surface area contributed by atoms with Crippen LogP contribution in [0.2, 0.25) is 0 Å². The third kappa shape index (κ3) is 2.77. The number of anilines is 1. The summed E-state index contributed by atoms with van der Waals surface area (Å²) in [7, 11) is 2.27. The third-order valence-corrected chi connectivity index (χ3v) is 11.5. The smallest absolute Gasteiger partial charge is 0.194 e. The molecule has 0 radical (unpaired) electrons. The Balaban J connectivity index is 1.31. The molecule has 4 heteroatoms. The zero-order chi connectivity index (χ0) is 23.7. The number of fused-ring (bicyclic) bond motifs is 2. The number of likely N-dealkylation sites (N-methyl/N-ethyl adjacent to an activating group) is 1. The SMILES string of the molecule is CCCCCCCCCC[N@+]12[C@H](O)[C@@H](CC)[C@H]3C[C@H]1[C@@H]1N(C)c4ccccc4[C@]14C[C@H]2[C@@H]3[C@@H]4O. The van der Waals surface area contributed by atoms with Gasteiger partial charge in [0.25, 0.3) is 0 Å². The molecule has 5 fully saturated rings. The summed E-state index contributed by atoms with van der Waals surface area (Å²) >= 11 is 0. The van der Waals surface area contributed by atoms with Crippen LogP contribution in [0.4, 0.5) is 5.69 Å². The van der Waals surface area contributed by atoms with Crippen molar-refractivity contribution in [1.29, 1.82) is 0 Å². The first kappa shape index (κ1) is 23.3. The first-order valence-electron chi connectivity index (χ1n) is 14.6. The maximum atomic E-state index is 12.1. The van der Waals surface area contributed by atoms with E-state index in [-0.39, 0.29) is 17.7 Å². The molecule has 10 atom stereocenters. The lowest BCUT2D eigenvalue weighted by Crippen LogP contribution is -2.83. The lowest BCUT2D eigenvalue weighted by molar-refractivity contribution is -1.04. The van der Waals surface area contributed by atoms with Crippen molar-refractivity contribution in [1.82, 2.24) is 0 Å². The van der Waals surface area contributed by atoms with Crippen molar-refractivity contribution in [2.24, 2.45) is 17.8 Å². The van der Waals surface area contributed by atoms with Gasteiger partial charge in [0.05, 0.1) is 30.1 Å². The fourth-order valence-electron chi connectivity index (χ4n) is 10.4. The van der Waals surface area contributed by atoms with Crippen LogP contribution in [-0.4, -0.2) is 58.7 Å². The van der Waals surface area contributed by atoms with Crippen LogP contribution in [0.1, 0.15) is 90.0 Å². The normalized spacial score (nSPS) is 45.1. The number of aliphatic hydroxyl groups is 2. The molecule has 0 aromatic heterocycles. The molecule has 1 saturated carbocycles. The zero-order valence-corrected chi connectivity index (χ0v) is 21.7. The van der Waals surface area contributed by atoms with Gasteiger partial charge in [0, 0.05) is 37.4 Å². The van der Waals surface area contributed by atoms with Crippen LogP contribution >= 0.6 is 0 Å². The van der Waals surface area contributed by atoms with Gasteiger partial charge in [-0.05, 0) is 36.8 Å². The molecule has 0 unspecified atom stereocenters. The molecule has 2 N–H and O–H groups in total. The Morgan fingerprint density at radius 3 is 2.41 bits per heavy atom. The van der Waals surface area contributed by atoms with Crippen molar-refractivity contribution >= 4 is 5.69 Å².